The number of hydrogen-bond donors (Lipinski definition) is 1. The van der Waals surface area contributed by atoms with Gasteiger partial charge in [0.05, 0.1) is 26.8 Å². The summed E-state index contributed by atoms with van der Waals surface area (Å²) in [4.78, 5) is 23.4. The molecule has 0 aliphatic heterocycles. The Labute approximate surface area is 206 Å². The minimum Gasteiger partial charge on any atom is -0.493 e. The molecule has 170 valence electrons. The van der Waals surface area contributed by atoms with Crippen molar-refractivity contribution in [2.45, 2.75) is 20.1 Å². The van der Waals surface area contributed by atoms with Crippen molar-refractivity contribution in [1.82, 2.24) is 15.0 Å². The third-order valence-corrected chi connectivity index (χ3v) is 5.71. The molecule has 11 heteroatoms. The van der Waals surface area contributed by atoms with Crippen LogP contribution in [0, 0.1) is 3.57 Å². The molecular formula is C22H17ClIN3O6. The van der Waals surface area contributed by atoms with E-state index in [-0.39, 0.29) is 18.6 Å². The van der Waals surface area contributed by atoms with Gasteiger partial charge >= 0.3 is 5.97 Å². The lowest BCUT2D eigenvalue weighted by atomic mass is 10.1. The second kappa shape index (κ2) is 9.79. The summed E-state index contributed by atoms with van der Waals surface area (Å²) in [5.41, 5.74) is 1.22. The molecule has 4 aromatic rings. The Morgan fingerprint density at radius 3 is 2.79 bits per heavy atom. The molecule has 4 rings (SSSR count). The summed E-state index contributed by atoms with van der Waals surface area (Å²) >= 11 is 8.57. The van der Waals surface area contributed by atoms with Crippen LogP contribution in [0.5, 0.6) is 11.5 Å². The summed E-state index contributed by atoms with van der Waals surface area (Å²) in [5, 5.41) is 17.2. The first kappa shape index (κ1) is 23.1. The first-order chi connectivity index (χ1) is 15.8. The number of hydrogen-bond acceptors (Lipinski definition) is 7. The zero-order valence-corrected chi connectivity index (χ0v) is 20.2. The Morgan fingerprint density at radius 2 is 2.06 bits per heavy atom. The Hall–Kier alpha value is -3.12. The molecule has 0 aliphatic rings. The molecule has 9 nitrogen and oxygen atoms in total. The normalized spacial score (nSPS) is 11.0. The second-order valence-electron chi connectivity index (χ2n) is 6.92. The zero-order valence-electron chi connectivity index (χ0n) is 17.2. The summed E-state index contributed by atoms with van der Waals surface area (Å²) in [6.45, 7) is 2.18. The average Bonchev–Trinajstić information content (AvgIpc) is 3.20. The highest BCUT2D eigenvalue weighted by atomic mass is 127. The lowest BCUT2D eigenvalue weighted by molar-refractivity contribution is -0.137. The van der Waals surface area contributed by atoms with Crippen LogP contribution in [-0.2, 0) is 17.9 Å². The maximum Gasteiger partial charge on any atom is 0.325 e. The third kappa shape index (κ3) is 5.28. The average molecular weight is 582 g/mol. The molecule has 2 aromatic heterocycles. The Bertz CT molecular complexity index is 1400. The van der Waals surface area contributed by atoms with Crippen LogP contribution in [0.15, 0.2) is 51.8 Å². The number of nitrogens with zero attached hydrogens (tertiary/aromatic N) is 3. The van der Waals surface area contributed by atoms with Gasteiger partial charge in [-0.05, 0) is 53.8 Å². The van der Waals surface area contributed by atoms with Crippen LogP contribution in [0.25, 0.3) is 22.3 Å². The lowest BCUT2D eigenvalue weighted by Crippen LogP contribution is -2.08. The fourth-order valence-corrected chi connectivity index (χ4v) is 4.01. The van der Waals surface area contributed by atoms with Crippen LogP contribution < -0.4 is 14.9 Å². The minimum atomic E-state index is -1.01. The fraction of sp³-hybridized carbons (Fsp3) is 0.182. The molecule has 0 aliphatic carbocycles. The number of fused-ring (bicyclic) bond motifs is 1. The molecule has 0 saturated carbocycles. The van der Waals surface area contributed by atoms with E-state index < -0.39 is 5.97 Å². The van der Waals surface area contributed by atoms with E-state index in [1.54, 1.807) is 30.3 Å². The second-order valence-corrected chi connectivity index (χ2v) is 8.49. The van der Waals surface area contributed by atoms with Crippen molar-refractivity contribution >= 4 is 51.1 Å². The Balaban J connectivity index is 1.57. The highest BCUT2D eigenvalue weighted by Crippen LogP contribution is 2.34. The first-order valence-electron chi connectivity index (χ1n) is 9.77. The molecule has 2 aromatic carbocycles. The van der Waals surface area contributed by atoms with Crippen molar-refractivity contribution in [3.8, 4) is 22.8 Å². The summed E-state index contributed by atoms with van der Waals surface area (Å²) < 4.78 is 19.3. The van der Waals surface area contributed by atoms with Crippen LogP contribution in [0.3, 0.4) is 0 Å². The maximum atomic E-state index is 12.7. The molecule has 0 atom stereocenters. The number of aliphatic carboxylic acids is 1. The predicted octanol–water partition coefficient (Wildman–Crippen LogP) is 4.37. The SMILES string of the molecule is CCOc1cc2oc(-c3ccc(OCc4cn(CC(=O)O)nn4)cc3Cl)cc(=O)c2cc1I. The molecule has 2 heterocycles. The van der Waals surface area contributed by atoms with E-state index in [1.165, 1.54) is 16.9 Å². The molecule has 0 amide bonds. The van der Waals surface area contributed by atoms with Crippen LogP contribution in [0.1, 0.15) is 12.6 Å². The highest BCUT2D eigenvalue weighted by Gasteiger charge is 2.14. The molecule has 0 bridgehead atoms. The van der Waals surface area contributed by atoms with E-state index in [2.05, 4.69) is 32.9 Å². The fourth-order valence-electron chi connectivity index (χ4n) is 3.12. The van der Waals surface area contributed by atoms with Crippen LogP contribution in [0.2, 0.25) is 5.02 Å². The van der Waals surface area contributed by atoms with Crippen molar-refractivity contribution < 1.29 is 23.8 Å². The van der Waals surface area contributed by atoms with Crippen LogP contribution >= 0.6 is 34.2 Å². The quantitative estimate of drug-likeness (QED) is 0.305. The number of ether oxygens (including phenoxy) is 2. The number of aromatic nitrogens is 3. The van der Waals surface area contributed by atoms with E-state index in [0.29, 0.717) is 51.1 Å². The monoisotopic (exact) mass is 581 g/mol. The van der Waals surface area contributed by atoms with Gasteiger partial charge in [-0.25, -0.2) is 4.68 Å². The van der Waals surface area contributed by atoms with E-state index in [9.17, 15) is 9.59 Å². The van der Waals surface area contributed by atoms with Crippen LogP contribution in [-0.4, -0.2) is 32.7 Å². The van der Waals surface area contributed by atoms with Gasteiger partial charge in [0.15, 0.2) is 5.43 Å². The predicted molar refractivity (Wildman–Crippen MR) is 129 cm³/mol. The number of rotatable bonds is 8. The first-order valence-corrected chi connectivity index (χ1v) is 11.2. The van der Waals surface area contributed by atoms with Gasteiger partial charge in [-0.15, -0.1) is 5.10 Å². The largest absolute Gasteiger partial charge is 0.493 e. The van der Waals surface area contributed by atoms with E-state index in [1.807, 2.05) is 6.92 Å². The van der Waals surface area contributed by atoms with Crippen molar-refractivity contribution in [2.24, 2.45) is 0 Å². The molecule has 0 spiro atoms. The van der Waals surface area contributed by atoms with Gasteiger partial charge in [-0.1, -0.05) is 16.8 Å². The number of carbonyl (C=O) groups is 1. The molecular weight excluding hydrogens is 565 g/mol. The van der Waals surface area contributed by atoms with Crippen molar-refractivity contribution in [2.75, 3.05) is 6.61 Å². The molecule has 0 unspecified atom stereocenters. The smallest absolute Gasteiger partial charge is 0.325 e. The topological polar surface area (TPSA) is 117 Å². The molecule has 33 heavy (non-hydrogen) atoms. The standard InChI is InChI=1S/C22H17ClIN3O6/c1-2-31-21-8-20-15(6-17(21)24)18(28)7-19(33-20)14-4-3-13(5-16(14)23)32-11-12-9-27(26-25-12)10-22(29)30/h3-9H,2,10-11H2,1H3,(H,29,30). The summed E-state index contributed by atoms with van der Waals surface area (Å²) in [6.07, 6.45) is 1.49. The van der Waals surface area contributed by atoms with Crippen molar-refractivity contribution in [3.63, 3.8) is 0 Å². The molecule has 1 N–H and O–H groups in total. The molecule has 0 fully saturated rings. The van der Waals surface area contributed by atoms with Gasteiger partial charge < -0.3 is 19.0 Å². The number of benzene rings is 2. The number of carboxylic acids is 1. The van der Waals surface area contributed by atoms with Gasteiger partial charge in [0, 0.05) is 17.7 Å². The van der Waals surface area contributed by atoms with Gasteiger partial charge in [-0.2, -0.15) is 0 Å². The third-order valence-electron chi connectivity index (χ3n) is 4.56. The van der Waals surface area contributed by atoms with Gasteiger partial charge in [0.1, 0.15) is 41.7 Å². The number of carboxylic acid groups (broad SMARTS) is 1. The Morgan fingerprint density at radius 1 is 1.24 bits per heavy atom. The summed E-state index contributed by atoms with van der Waals surface area (Å²) in [7, 11) is 0. The van der Waals surface area contributed by atoms with E-state index >= 15 is 0 Å². The van der Waals surface area contributed by atoms with Gasteiger partial charge in [0.2, 0.25) is 0 Å². The minimum absolute atomic E-state index is 0.0825. The zero-order chi connectivity index (χ0) is 23.5. The van der Waals surface area contributed by atoms with Gasteiger partial charge in [0.25, 0.3) is 0 Å². The maximum absolute atomic E-state index is 12.7. The van der Waals surface area contributed by atoms with E-state index in [4.69, 9.17) is 30.6 Å². The summed E-state index contributed by atoms with van der Waals surface area (Å²) in [6, 6.07) is 9.82. The number of halogens is 2. The lowest BCUT2D eigenvalue weighted by Gasteiger charge is -2.10. The van der Waals surface area contributed by atoms with Crippen molar-refractivity contribution in [1.29, 1.82) is 0 Å². The highest BCUT2D eigenvalue weighted by molar-refractivity contribution is 14.1. The Kier molecular flexibility index (Phi) is 6.84. The molecule has 0 radical (unpaired) electrons. The van der Waals surface area contributed by atoms with Crippen LogP contribution in [0.4, 0.5) is 0 Å². The van der Waals surface area contributed by atoms with E-state index in [0.717, 1.165) is 3.57 Å². The summed E-state index contributed by atoms with van der Waals surface area (Å²) in [5.74, 6) is 0.414. The van der Waals surface area contributed by atoms with Crippen molar-refractivity contribution in [3.05, 3.63) is 67.1 Å². The molecule has 0 saturated heterocycles. The van der Waals surface area contributed by atoms with Gasteiger partial charge in [-0.3, -0.25) is 9.59 Å².